The predicted molar refractivity (Wildman–Crippen MR) is 79.6 cm³/mol. The molecule has 2 aromatic carbocycles. The Morgan fingerprint density at radius 2 is 2.05 bits per heavy atom. The lowest BCUT2D eigenvalue weighted by Crippen LogP contribution is -2.07. The Morgan fingerprint density at radius 1 is 1.20 bits per heavy atom. The first-order valence-corrected chi connectivity index (χ1v) is 6.99. The van der Waals surface area contributed by atoms with Gasteiger partial charge in [-0.05, 0) is 36.6 Å². The van der Waals surface area contributed by atoms with Crippen molar-refractivity contribution in [3.8, 4) is 5.75 Å². The van der Waals surface area contributed by atoms with Crippen molar-refractivity contribution in [3.05, 3.63) is 64.2 Å². The van der Waals surface area contributed by atoms with E-state index in [4.69, 9.17) is 4.74 Å². The quantitative estimate of drug-likeness (QED) is 0.792. The molecule has 20 heavy (non-hydrogen) atoms. The number of rotatable bonds is 3. The number of Topliss-reactive ketones (excluding diaryl/α,β-unsaturated/α-hetero) is 1. The number of hydrogen-bond acceptors (Lipinski definition) is 2. The Bertz CT molecular complexity index is 671. The number of carbonyl (C=O) groups is 1. The number of ether oxygens (including phenoxy) is 1. The van der Waals surface area contributed by atoms with Crippen LogP contribution in [0.5, 0.6) is 5.75 Å². The third-order valence-corrected chi connectivity index (χ3v) is 3.87. The van der Waals surface area contributed by atoms with E-state index in [2.05, 4.69) is 25.1 Å². The van der Waals surface area contributed by atoms with E-state index >= 15 is 0 Å². The Balaban J connectivity index is 1.91. The van der Waals surface area contributed by atoms with Crippen LogP contribution in [0, 0.1) is 13.8 Å². The molecular formula is C18H18O2. The molecule has 0 unspecified atom stereocenters. The summed E-state index contributed by atoms with van der Waals surface area (Å²) in [5.41, 5.74) is 5.33. The summed E-state index contributed by atoms with van der Waals surface area (Å²) in [7, 11) is 0. The average Bonchev–Trinajstić information content (AvgIpc) is 2.91. The van der Waals surface area contributed by atoms with Gasteiger partial charge in [0, 0.05) is 12.8 Å². The summed E-state index contributed by atoms with van der Waals surface area (Å²) in [4.78, 5) is 12.6. The molecule has 0 aromatic heterocycles. The van der Waals surface area contributed by atoms with Gasteiger partial charge in [-0.3, -0.25) is 4.79 Å². The Kier molecular flexibility index (Phi) is 3.31. The zero-order chi connectivity index (χ0) is 14.1. The number of para-hydroxylation sites is 1. The molecule has 0 aliphatic carbocycles. The molecule has 1 aliphatic heterocycles. The number of carbonyl (C=O) groups excluding carboxylic acids is 1. The number of aryl methyl sites for hydroxylation is 2. The van der Waals surface area contributed by atoms with Gasteiger partial charge in [0.2, 0.25) is 0 Å². The molecule has 2 heteroatoms. The van der Waals surface area contributed by atoms with Gasteiger partial charge in [0.25, 0.3) is 0 Å². The van der Waals surface area contributed by atoms with Crippen LogP contribution in [0.3, 0.4) is 0 Å². The van der Waals surface area contributed by atoms with E-state index in [-0.39, 0.29) is 5.78 Å². The summed E-state index contributed by atoms with van der Waals surface area (Å²) < 4.78 is 5.62. The van der Waals surface area contributed by atoms with Crippen molar-refractivity contribution in [1.29, 1.82) is 0 Å². The predicted octanol–water partition coefficient (Wildman–Crippen LogP) is 3.66. The first kappa shape index (κ1) is 12.9. The van der Waals surface area contributed by atoms with Crippen LogP contribution in [0.25, 0.3) is 0 Å². The minimum Gasteiger partial charge on any atom is -0.492 e. The van der Waals surface area contributed by atoms with E-state index in [0.29, 0.717) is 13.0 Å². The van der Waals surface area contributed by atoms with Crippen LogP contribution in [-0.2, 0) is 12.8 Å². The SMILES string of the molecule is Cc1ccc(C)c(CC(=O)c2cccc3c2OCC3)c1. The van der Waals surface area contributed by atoms with Crippen molar-refractivity contribution < 1.29 is 9.53 Å². The summed E-state index contributed by atoms with van der Waals surface area (Å²) in [6.45, 7) is 4.79. The first-order valence-electron chi connectivity index (χ1n) is 6.99. The molecule has 102 valence electrons. The van der Waals surface area contributed by atoms with E-state index in [1.807, 2.05) is 25.1 Å². The van der Waals surface area contributed by atoms with Crippen molar-refractivity contribution in [1.82, 2.24) is 0 Å². The molecular weight excluding hydrogens is 248 g/mol. The Morgan fingerprint density at radius 3 is 2.90 bits per heavy atom. The molecule has 1 heterocycles. The summed E-state index contributed by atoms with van der Waals surface area (Å²) in [5.74, 6) is 0.931. The van der Waals surface area contributed by atoms with Gasteiger partial charge in [-0.2, -0.15) is 0 Å². The lowest BCUT2D eigenvalue weighted by atomic mass is 9.96. The van der Waals surface area contributed by atoms with Crippen LogP contribution < -0.4 is 4.74 Å². The molecule has 0 fully saturated rings. The second kappa shape index (κ2) is 5.12. The average molecular weight is 266 g/mol. The fourth-order valence-corrected chi connectivity index (χ4v) is 2.69. The zero-order valence-electron chi connectivity index (χ0n) is 11.9. The fraction of sp³-hybridized carbons (Fsp3) is 0.278. The highest BCUT2D eigenvalue weighted by molar-refractivity contribution is 6.00. The van der Waals surface area contributed by atoms with Crippen molar-refractivity contribution in [2.45, 2.75) is 26.7 Å². The van der Waals surface area contributed by atoms with Gasteiger partial charge >= 0.3 is 0 Å². The Labute approximate surface area is 119 Å². The van der Waals surface area contributed by atoms with Gasteiger partial charge in [-0.15, -0.1) is 0 Å². The molecule has 0 N–H and O–H groups in total. The highest BCUT2D eigenvalue weighted by atomic mass is 16.5. The number of benzene rings is 2. The molecule has 0 saturated heterocycles. The van der Waals surface area contributed by atoms with E-state index < -0.39 is 0 Å². The largest absolute Gasteiger partial charge is 0.492 e. The Hall–Kier alpha value is -2.09. The van der Waals surface area contributed by atoms with E-state index in [1.54, 1.807) is 0 Å². The third-order valence-electron chi connectivity index (χ3n) is 3.87. The van der Waals surface area contributed by atoms with Crippen LogP contribution in [0.4, 0.5) is 0 Å². The topological polar surface area (TPSA) is 26.3 Å². The van der Waals surface area contributed by atoms with Gasteiger partial charge < -0.3 is 4.74 Å². The molecule has 1 aliphatic rings. The number of hydrogen-bond donors (Lipinski definition) is 0. The van der Waals surface area contributed by atoms with E-state index in [1.165, 1.54) is 5.56 Å². The monoisotopic (exact) mass is 266 g/mol. The highest BCUT2D eigenvalue weighted by Gasteiger charge is 2.20. The van der Waals surface area contributed by atoms with Crippen LogP contribution in [0.1, 0.15) is 32.6 Å². The second-order valence-corrected chi connectivity index (χ2v) is 5.42. The standard InChI is InChI=1S/C18H18O2/c1-12-6-7-13(2)15(10-12)11-17(19)16-5-3-4-14-8-9-20-18(14)16/h3-7,10H,8-9,11H2,1-2H3. The van der Waals surface area contributed by atoms with Gasteiger partial charge in [-0.1, -0.05) is 35.9 Å². The number of ketones is 1. The molecule has 0 saturated carbocycles. The summed E-state index contributed by atoms with van der Waals surface area (Å²) in [5, 5.41) is 0. The van der Waals surface area contributed by atoms with E-state index in [0.717, 1.165) is 34.4 Å². The van der Waals surface area contributed by atoms with Gasteiger partial charge in [0.05, 0.1) is 12.2 Å². The van der Waals surface area contributed by atoms with E-state index in [9.17, 15) is 4.79 Å². The molecule has 0 atom stereocenters. The minimum atomic E-state index is 0.137. The minimum absolute atomic E-state index is 0.137. The molecule has 0 amide bonds. The summed E-state index contributed by atoms with van der Waals surface area (Å²) >= 11 is 0. The maximum absolute atomic E-state index is 12.6. The van der Waals surface area contributed by atoms with Gasteiger partial charge in [0.1, 0.15) is 5.75 Å². The molecule has 3 rings (SSSR count). The smallest absolute Gasteiger partial charge is 0.170 e. The van der Waals surface area contributed by atoms with Crippen molar-refractivity contribution >= 4 is 5.78 Å². The normalized spacial score (nSPS) is 12.9. The molecule has 0 bridgehead atoms. The molecule has 0 radical (unpaired) electrons. The first-order chi connectivity index (χ1) is 9.65. The fourth-order valence-electron chi connectivity index (χ4n) is 2.69. The maximum atomic E-state index is 12.6. The van der Waals surface area contributed by atoms with Crippen molar-refractivity contribution in [3.63, 3.8) is 0 Å². The second-order valence-electron chi connectivity index (χ2n) is 5.42. The van der Waals surface area contributed by atoms with Gasteiger partial charge in [0.15, 0.2) is 5.78 Å². The van der Waals surface area contributed by atoms with Crippen LogP contribution in [0.2, 0.25) is 0 Å². The van der Waals surface area contributed by atoms with Crippen molar-refractivity contribution in [2.24, 2.45) is 0 Å². The van der Waals surface area contributed by atoms with Crippen molar-refractivity contribution in [2.75, 3.05) is 6.61 Å². The van der Waals surface area contributed by atoms with Crippen LogP contribution >= 0.6 is 0 Å². The highest BCUT2D eigenvalue weighted by Crippen LogP contribution is 2.30. The maximum Gasteiger partial charge on any atom is 0.170 e. The lowest BCUT2D eigenvalue weighted by molar-refractivity contribution is 0.0989. The summed E-state index contributed by atoms with van der Waals surface area (Å²) in [6.07, 6.45) is 1.34. The van der Waals surface area contributed by atoms with Crippen LogP contribution in [0.15, 0.2) is 36.4 Å². The van der Waals surface area contributed by atoms with Crippen LogP contribution in [-0.4, -0.2) is 12.4 Å². The zero-order valence-corrected chi connectivity index (χ0v) is 11.9. The molecule has 2 aromatic rings. The third kappa shape index (κ3) is 2.34. The molecule has 0 spiro atoms. The lowest BCUT2D eigenvalue weighted by Gasteiger charge is -2.09. The summed E-state index contributed by atoms with van der Waals surface area (Å²) in [6, 6.07) is 12.1. The molecule has 2 nitrogen and oxygen atoms in total. The van der Waals surface area contributed by atoms with Gasteiger partial charge in [-0.25, -0.2) is 0 Å². The number of fused-ring (bicyclic) bond motifs is 1.